The van der Waals surface area contributed by atoms with Crippen molar-refractivity contribution in [3.8, 4) is 5.75 Å². The van der Waals surface area contributed by atoms with Crippen LogP contribution in [0.3, 0.4) is 0 Å². The molecule has 0 spiro atoms. The van der Waals surface area contributed by atoms with Crippen LogP contribution in [0.5, 0.6) is 5.75 Å². The smallest absolute Gasteiger partial charge is 0.126 e. The summed E-state index contributed by atoms with van der Waals surface area (Å²) in [4.78, 5) is 3.78. The van der Waals surface area contributed by atoms with Gasteiger partial charge in [-0.25, -0.2) is 0 Å². The molecule has 0 amide bonds. The predicted octanol–water partition coefficient (Wildman–Crippen LogP) is 2.17. The van der Waals surface area contributed by atoms with Crippen molar-refractivity contribution in [2.45, 2.75) is 6.92 Å². The number of hydrogen-bond acceptors (Lipinski definition) is 2. The molecule has 1 aromatic carbocycles. The van der Waals surface area contributed by atoms with Crippen molar-refractivity contribution in [2.24, 2.45) is 4.99 Å². The molecule has 0 aliphatic heterocycles. The van der Waals surface area contributed by atoms with Gasteiger partial charge in [0.1, 0.15) is 11.5 Å². The Morgan fingerprint density at radius 2 is 2.07 bits per heavy atom. The van der Waals surface area contributed by atoms with Crippen LogP contribution in [0.2, 0.25) is 0 Å². The highest BCUT2D eigenvalue weighted by molar-refractivity contribution is 5.55. The number of nitrogens with one attached hydrogen (secondary N) is 1. The molecule has 74 valence electrons. The third-order valence-corrected chi connectivity index (χ3v) is 1.51. The lowest BCUT2D eigenvalue weighted by molar-refractivity contribution is 0.425. The average molecular weight is 190 g/mol. The van der Waals surface area contributed by atoms with Crippen molar-refractivity contribution in [1.29, 1.82) is 0 Å². The third kappa shape index (κ3) is 3.76. The van der Waals surface area contributed by atoms with Crippen LogP contribution in [0.15, 0.2) is 47.3 Å². The number of benzene rings is 1. The van der Waals surface area contributed by atoms with Gasteiger partial charge in [0.05, 0.1) is 6.34 Å². The van der Waals surface area contributed by atoms with E-state index in [1.807, 2.05) is 37.3 Å². The molecular weight excluding hydrogens is 176 g/mol. The van der Waals surface area contributed by atoms with Gasteiger partial charge in [-0.05, 0) is 19.1 Å². The van der Waals surface area contributed by atoms with Gasteiger partial charge >= 0.3 is 0 Å². The van der Waals surface area contributed by atoms with E-state index in [-0.39, 0.29) is 0 Å². The summed E-state index contributed by atoms with van der Waals surface area (Å²) in [7, 11) is 1.70. The van der Waals surface area contributed by atoms with Gasteiger partial charge in [-0.1, -0.05) is 18.2 Å². The van der Waals surface area contributed by atoms with Gasteiger partial charge in [0, 0.05) is 13.2 Å². The Morgan fingerprint density at radius 1 is 1.36 bits per heavy atom. The van der Waals surface area contributed by atoms with Crippen LogP contribution in [-0.4, -0.2) is 13.4 Å². The van der Waals surface area contributed by atoms with Crippen molar-refractivity contribution in [1.82, 2.24) is 5.32 Å². The molecule has 14 heavy (non-hydrogen) atoms. The van der Waals surface area contributed by atoms with Crippen molar-refractivity contribution < 1.29 is 4.74 Å². The summed E-state index contributed by atoms with van der Waals surface area (Å²) in [5.74, 6) is 1.62. The number of aliphatic imine (C=N–C) groups is 1. The fraction of sp³-hybridized carbons (Fsp3) is 0.182. The predicted molar refractivity (Wildman–Crippen MR) is 58.4 cm³/mol. The number of rotatable bonds is 4. The van der Waals surface area contributed by atoms with Crippen LogP contribution >= 0.6 is 0 Å². The first-order chi connectivity index (χ1) is 6.83. The first-order valence-electron chi connectivity index (χ1n) is 4.39. The zero-order valence-corrected chi connectivity index (χ0v) is 8.40. The van der Waals surface area contributed by atoms with Crippen LogP contribution < -0.4 is 10.1 Å². The number of ether oxygens (including phenoxy) is 1. The van der Waals surface area contributed by atoms with Gasteiger partial charge in [0.25, 0.3) is 0 Å². The highest BCUT2D eigenvalue weighted by Crippen LogP contribution is 2.11. The van der Waals surface area contributed by atoms with E-state index in [2.05, 4.69) is 10.3 Å². The maximum Gasteiger partial charge on any atom is 0.126 e. The second-order valence-corrected chi connectivity index (χ2v) is 2.72. The minimum absolute atomic E-state index is 0.788. The van der Waals surface area contributed by atoms with Crippen LogP contribution in [0.4, 0.5) is 0 Å². The maximum atomic E-state index is 5.50. The first-order valence-corrected chi connectivity index (χ1v) is 4.39. The molecule has 0 aliphatic rings. The molecule has 0 unspecified atom stereocenters. The normalized spacial score (nSPS) is 11.7. The standard InChI is InChI=1S/C11H14N2O/c1-10(8-13-9-12-2)14-11-6-4-3-5-7-11/h3-9H,1-2H3,(H,12,13)/b10-8-. The molecule has 0 fully saturated rings. The van der Waals surface area contributed by atoms with E-state index >= 15 is 0 Å². The fourth-order valence-electron chi connectivity index (χ4n) is 0.933. The lowest BCUT2D eigenvalue weighted by Crippen LogP contribution is -2.03. The molecule has 0 saturated carbocycles. The SMILES string of the molecule is CN=CN/C=C(/C)Oc1ccccc1. The Hall–Kier alpha value is -1.77. The van der Waals surface area contributed by atoms with Crippen molar-refractivity contribution in [3.05, 3.63) is 42.3 Å². The number of para-hydroxylation sites is 1. The zero-order chi connectivity index (χ0) is 10.2. The van der Waals surface area contributed by atoms with Crippen LogP contribution in [0.25, 0.3) is 0 Å². The molecule has 0 heterocycles. The Bertz CT molecular complexity index is 317. The molecule has 1 aromatic rings. The molecule has 1 N–H and O–H groups in total. The molecule has 0 aromatic heterocycles. The van der Waals surface area contributed by atoms with Crippen LogP contribution in [0.1, 0.15) is 6.92 Å². The molecule has 0 atom stereocenters. The summed E-state index contributed by atoms with van der Waals surface area (Å²) in [6.45, 7) is 1.88. The Kier molecular flexibility index (Phi) is 4.27. The van der Waals surface area contributed by atoms with Crippen LogP contribution in [0, 0.1) is 0 Å². The van der Waals surface area contributed by atoms with E-state index in [4.69, 9.17) is 4.74 Å². The Labute approximate surface area is 84.1 Å². The summed E-state index contributed by atoms with van der Waals surface area (Å²) in [5.41, 5.74) is 0. The average Bonchev–Trinajstić information content (AvgIpc) is 2.20. The molecule has 0 saturated heterocycles. The van der Waals surface area contributed by atoms with Gasteiger partial charge < -0.3 is 10.1 Å². The summed E-state index contributed by atoms with van der Waals surface area (Å²) in [6, 6.07) is 9.64. The van der Waals surface area contributed by atoms with Crippen molar-refractivity contribution in [2.75, 3.05) is 7.05 Å². The van der Waals surface area contributed by atoms with Gasteiger partial charge in [-0.2, -0.15) is 0 Å². The monoisotopic (exact) mass is 190 g/mol. The largest absolute Gasteiger partial charge is 0.461 e. The molecule has 3 heteroatoms. The summed E-state index contributed by atoms with van der Waals surface area (Å²) in [5, 5.41) is 2.88. The molecular formula is C11H14N2O. The molecule has 0 bridgehead atoms. The van der Waals surface area contributed by atoms with E-state index in [0.717, 1.165) is 11.5 Å². The van der Waals surface area contributed by atoms with E-state index < -0.39 is 0 Å². The minimum Gasteiger partial charge on any atom is -0.461 e. The number of hydrogen-bond donors (Lipinski definition) is 1. The lowest BCUT2D eigenvalue weighted by atomic mass is 10.3. The Balaban J connectivity index is 2.48. The summed E-state index contributed by atoms with van der Waals surface area (Å²) in [6.07, 6.45) is 3.35. The quantitative estimate of drug-likeness (QED) is 0.448. The van der Waals surface area contributed by atoms with Crippen molar-refractivity contribution >= 4 is 6.34 Å². The van der Waals surface area contributed by atoms with E-state index in [9.17, 15) is 0 Å². The maximum absolute atomic E-state index is 5.50. The van der Waals surface area contributed by atoms with Crippen LogP contribution in [-0.2, 0) is 0 Å². The highest BCUT2D eigenvalue weighted by Gasteiger charge is 1.91. The van der Waals surface area contributed by atoms with E-state index in [1.54, 1.807) is 19.6 Å². The first kappa shape index (κ1) is 10.3. The van der Waals surface area contributed by atoms with Crippen molar-refractivity contribution in [3.63, 3.8) is 0 Å². The summed E-state index contributed by atoms with van der Waals surface area (Å²) >= 11 is 0. The summed E-state index contributed by atoms with van der Waals surface area (Å²) < 4.78 is 5.50. The lowest BCUT2D eigenvalue weighted by Gasteiger charge is -2.04. The van der Waals surface area contributed by atoms with Gasteiger partial charge in [0.2, 0.25) is 0 Å². The molecule has 1 rings (SSSR count). The minimum atomic E-state index is 0.788. The molecule has 3 nitrogen and oxygen atoms in total. The second-order valence-electron chi connectivity index (χ2n) is 2.72. The number of allylic oxidation sites excluding steroid dienone is 1. The highest BCUT2D eigenvalue weighted by atomic mass is 16.5. The third-order valence-electron chi connectivity index (χ3n) is 1.51. The second kappa shape index (κ2) is 5.80. The van der Waals surface area contributed by atoms with Gasteiger partial charge in [-0.15, -0.1) is 0 Å². The molecule has 0 aliphatic carbocycles. The topological polar surface area (TPSA) is 33.6 Å². The Morgan fingerprint density at radius 3 is 2.71 bits per heavy atom. The van der Waals surface area contributed by atoms with E-state index in [0.29, 0.717) is 0 Å². The number of nitrogens with zero attached hydrogens (tertiary/aromatic N) is 1. The molecule has 0 radical (unpaired) electrons. The zero-order valence-electron chi connectivity index (χ0n) is 8.40. The fourth-order valence-corrected chi connectivity index (χ4v) is 0.933. The van der Waals surface area contributed by atoms with Gasteiger partial charge in [-0.3, -0.25) is 4.99 Å². The van der Waals surface area contributed by atoms with Gasteiger partial charge in [0.15, 0.2) is 0 Å². The van der Waals surface area contributed by atoms with E-state index in [1.165, 1.54) is 0 Å².